The van der Waals surface area contributed by atoms with E-state index in [2.05, 4.69) is 44.4 Å². The quantitative estimate of drug-likeness (QED) is 0.577. The van der Waals surface area contributed by atoms with Crippen LogP contribution in [-0.2, 0) is 17.8 Å². The lowest BCUT2D eigenvalue weighted by Crippen LogP contribution is -2.48. The van der Waals surface area contributed by atoms with Gasteiger partial charge in [-0.15, -0.1) is 0 Å². The lowest BCUT2D eigenvalue weighted by atomic mass is 10.1. The Kier molecular flexibility index (Phi) is 8.10. The molecule has 1 unspecified atom stereocenters. The van der Waals surface area contributed by atoms with Gasteiger partial charge in [-0.1, -0.05) is 61.4 Å². The van der Waals surface area contributed by atoms with Gasteiger partial charge in [0.25, 0.3) is 0 Å². The van der Waals surface area contributed by atoms with E-state index in [0.717, 1.165) is 41.6 Å². The molecule has 0 bridgehead atoms. The second kappa shape index (κ2) is 10.8. The Morgan fingerprint density at radius 1 is 1.00 bits per heavy atom. The first-order valence-corrected chi connectivity index (χ1v) is 10.9. The second-order valence-corrected chi connectivity index (χ2v) is 8.87. The van der Waals surface area contributed by atoms with Crippen molar-refractivity contribution in [3.8, 4) is 5.75 Å². The standard InChI is InChI=1S/C25H36NO3/c1-26(2,17-16-21-10-4-3-5-11-21)18-23(27)20-29-25-15-9-6-12-22(25)19-28-24-13-7-8-14-24/h3-6,9-12,15,23-24,27H,7-8,13-14,16-20H2,1-2H3/q+1. The van der Waals surface area contributed by atoms with Crippen LogP contribution in [0.4, 0.5) is 0 Å². The molecule has 158 valence electrons. The minimum absolute atomic E-state index is 0.299. The minimum Gasteiger partial charge on any atom is -0.490 e. The number of nitrogens with zero attached hydrogens (tertiary/aromatic N) is 1. The highest BCUT2D eigenvalue weighted by Gasteiger charge is 2.22. The van der Waals surface area contributed by atoms with Gasteiger partial charge in [0, 0.05) is 12.0 Å². The summed E-state index contributed by atoms with van der Waals surface area (Å²) < 4.78 is 12.8. The first-order chi connectivity index (χ1) is 14.0. The van der Waals surface area contributed by atoms with Crippen molar-refractivity contribution >= 4 is 0 Å². The molecule has 0 saturated heterocycles. The molecule has 1 atom stereocenters. The van der Waals surface area contributed by atoms with Gasteiger partial charge >= 0.3 is 0 Å². The molecule has 0 radical (unpaired) electrons. The first-order valence-electron chi connectivity index (χ1n) is 10.9. The van der Waals surface area contributed by atoms with Crippen LogP contribution in [0.25, 0.3) is 0 Å². The summed E-state index contributed by atoms with van der Waals surface area (Å²) >= 11 is 0. The van der Waals surface area contributed by atoms with E-state index in [1.165, 1.54) is 18.4 Å². The number of ether oxygens (including phenoxy) is 2. The number of hydrogen-bond acceptors (Lipinski definition) is 3. The van der Waals surface area contributed by atoms with Gasteiger partial charge < -0.3 is 19.1 Å². The highest BCUT2D eigenvalue weighted by Crippen LogP contribution is 2.25. The van der Waals surface area contributed by atoms with Gasteiger partial charge in [0.1, 0.15) is 25.0 Å². The maximum absolute atomic E-state index is 10.6. The lowest BCUT2D eigenvalue weighted by molar-refractivity contribution is -0.893. The Morgan fingerprint density at radius 2 is 1.69 bits per heavy atom. The maximum atomic E-state index is 10.6. The molecule has 0 amide bonds. The fourth-order valence-corrected chi connectivity index (χ4v) is 4.00. The van der Waals surface area contributed by atoms with Crippen LogP contribution in [0, 0.1) is 0 Å². The summed E-state index contributed by atoms with van der Waals surface area (Å²) in [5.41, 5.74) is 2.39. The number of quaternary nitrogens is 1. The molecule has 4 nitrogen and oxygen atoms in total. The highest BCUT2D eigenvalue weighted by atomic mass is 16.5. The molecule has 1 aliphatic rings. The Balaban J connectivity index is 1.45. The molecule has 0 aliphatic heterocycles. The zero-order valence-electron chi connectivity index (χ0n) is 17.9. The van der Waals surface area contributed by atoms with E-state index in [0.29, 0.717) is 25.9 Å². The molecular weight excluding hydrogens is 362 g/mol. The third-order valence-corrected chi connectivity index (χ3v) is 5.73. The number of para-hydroxylation sites is 1. The maximum Gasteiger partial charge on any atom is 0.137 e. The van der Waals surface area contributed by atoms with Gasteiger partial charge in [0.2, 0.25) is 0 Å². The summed E-state index contributed by atoms with van der Waals surface area (Å²) in [4.78, 5) is 0. The summed E-state index contributed by atoms with van der Waals surface area (Å²) in [5, 5.41) is 10.6. The molecule has 1 saturated carbocycles. The fraction of sp³-hybridized carbons (Fsp3) is 0.520. The van der Waals surface area contributed by atoms with E-state index in [1.807, 2.05) is 24.3 Å². The zero-order valence-corrected chi connectivity index (χ0v) is 17.9. The predicted octanol–water partition coefficient (Wildman–Crippen LogP) is 4.20. The third kappa shape index (κ3) is 7.46. The van der Waals surface area contributed by atoms with E-state index in [9.17, 15) is 5.11 Å². The minimum atomic E-state index is -0.510. The number of benzene rings is 2. The number of aliphatic hydroxyl groups excluding tert-OH is 1. The normalized spacial score (nSPS) is 16.1. The monoisotopic (exact) mass is 398 g/mol. The molecule has 2 aromatic carbocycles. The Bertz CT molecular complexity index is 726. The molecule has 1 N–H and O–H groups in total. The summed E-state index contributed by atoms with van der Waals surface area (Å²) in [6.45, 7) is 2.52. The van der Waals surface area contributed by atoms with Crippen LogP contribution in [0.5, 0.6) is 5.75 Å². The second-order valence-electron chi connectivity index (χ2n) is 8.87. The SMILES string of the molecule is C[N+](C)(CCc1ccccc1)CC(O)COc1ccccc1COC1CCCC1. The van der Waals surface area contributed by atoms with Crippen molar-refractivity contribution in [3.63, 3.8) is 0 Å². The lowest BCUT2D eigenvalue weighted by Gasteiger charge is -2.32. The van der Waals surface area contributed by atoms with Crippen LogP contribution in [0.1, 0.15) is 36.8 Å². The van der Waals surface area contributed by atoms with Crippen molar-refractivity contribution < 1.29 is 19.1 Å². The number of rotatable bonds is 11. The summed E-state index contributed by atoms with van der Waals surface area (Å²) in [6.07, 6.45) is 5.75. The molecule has 0 aromatic heterocycles. The molecule has 29 heavy (non-hydrogen) atoms. The van der Waals surface area contributed by atoms with Crippen LogP contribution >= 0.6 is 0 Å². The topological polar surface area (TPSA) is 38.7 Å². The summed E-state index contributed by atoms with van der Waals surface area (Å²) in [6, 6.07) is 18.5. The van der Waals surface area contributed by atoms with Gasteiger partial charge in [-0.25, -0.2) is 0 Å². The molecule has 0 heterocycles. The molecule has 4 heteroatoms. The van der Waals surface area contributed by atoms with Crippen molar-refractivity contribution in [1.29, 1.82) is 0 Å². The fourth-order valence-electron chi connectivity index (χ4n) is 4.00. The molecular formula is C25H36NO3+. The van der Waals surface area contributed by atoms with Crippen LogP contribution in [0.3, 0.4) is 0 Å². The van der Waals surface area contributed by atoms with Crippen molar-refractivity contribution in [2.45, 2.75) is 50.9 Å². The van der Waals surface area contributed by atoms with E-state index in [4.69, 9.17) is 9.47 Å². The smallest absolute Gasteiger partial charge is 0.137 e. The summed E-state index contributed by atoms with van der Waals surface area (Å²) in [7, 11) is 4.32. The van der Waals surface area contributed by atoms with Crippen molar-refractivity contribution in [2.75, 3.05) is 33.8 Å². The van der Waals surface area contributed by atoms with E-state index in [1.54, 1.807) is 0 Å². The van der Waals surface area contributed by atoms with E-state index < -0.39 is 6.10 Å². The predicted molar refractivity (Wildman–Crippen MR) is 117 cm³/mol. The zero-order chi connectivity index (χ0) is 20.5. The highest BCUT2D eigenvalue weighted by molar-refractivity contribution is 5.32. The third-order valence-electron chi connectivity index (χ3n) is 5.73. The van der Waals surface area contributed by atoms with Gasteiger partial charge in [-0.2, -0.15) is 0 Å². The van der Waals surface area contributed by atoms with Gasteiger partial charge in [-0.3, -0.25) is 0 Å². The molecule has 2 aromatic rings. The average molecular weight is 399 g/mol. The van der Waals surface area contributed by atoms with Crippen LogP contribution in [-0.4, -0.2) is 55.6 Å². The largest absolute Gasteiger partial charge is 0.490 e. The van der Waals surface area contributed by atoms with Gasteiger partial charge in [0.15, 0.2) is 0 Å². The van der Waals surface area contributed by atoms with E-state index in [-0.39, 0.29) is 0 Å². The van der Waals surface area contributed by atoms with Crippen LogP contribution in [0.2, 0.25) is 0 Å². The Labute approximate surface area is 175 Å². The Morgan fingerprint density at radius 3 is 2.45 bits per heavy atom. The van der Waals surface area contributed by atoms with Crippen molar-refractivity contribution in [3.05, 3.63) is 65.7 Å². The average Bonchev–Trinajstić information content (AvgIpc) is 3.24. The molecule has 1 aliphatic carbocycles. The molecule has 1 fully saturated rings. The molecule has 3 rings (SSSR count). The van der Waals surface area contributed by atoms with E-state index >= 15 is 0 Å². The Hall–Kier alpha value is -1.88. The number of likely N-dealkylation sites (N-methyl/N-ethyl adjacent to an activating group) is 1. The number of aliphatic hydroxyl groups is 1. The van der Waals surface area contributed by atoms with Gasteiger partial charge in [0.05, 0.1) is 33.4 Å². The van der Waals surface area contributed by atoms with Crippen LogP contribution < -0.4 is 4.74 Å². The molecule has 0 spiro atoms. The summed E-state index contributed by atoms with van der Waals surface area (Å²) in [5.74, 6) is 0.819. The van der Waals surface area contributed by atoms with Gasteiger partial charge in [-0.05, 0) is 24.5 Å². The van der Waals surface area contributed by atoms with Crippen molar-refractivity contribution in [1.82, 2.24) is 0 Å². The van der Waals surface area contributed by atoms with Crippen LogP contribution in [0.15, 0.2) is 54.6 Å². The number of hydrogen-bond donors (Lipinski definition) is 1. The van der Waals surface area contributed by atoms with Crippen molar-refractivity contribution in [2.24, 2.45) is 0 Å². The first kappa shape index (κ1) is 21.8.